The standard InChI is InChI=1S/C11H10BrClN2O/c1-15-6-10(12)14-11(15)7-16-9-4-2-8(13)3-5-9/h2-6H,7H2,1H3. The van der Waals surface area contributed by atoms with Crippen molar-refractivity contribution in [3.63, 3.8) is 0 Å². The third-order valence-electron chi connectivity index (χ3n) is 2.12. The molecule has 0 atom stereocenters. The summed E-state index contributed by atoms with van der Waals surface area (Å²) in [7, 11) is 1.93. The minimum absolute atomic E-state index is 0.434. The van der Waals surface area contributed by atoms with Gasteiger partial charge in [0.2, 0.25) is 0 Å². The smallest absolute Gasteiger partial charge is 0.147 e. The molecule has 0 amide bonds. The zero-order valence-corrected chi connectivity index (χ0v) is 11.0. The molecule has 0 N–H and O–H groups in total. The van der Waals surface area contributed by atoms with Gasteiger partial charge in [0, 0.05) is 18.3 Å². The molecule has 2 aromatic rings. The maximum atomic E-state index is 5.78. The lowest BCUT2D eigenvalue weighted by Gasteiger charge is -2.05. The van der Waals surface area contributed by atoms with Crippen LogP contribution in [-0.2, 0) is 13.7 Å². The molecule has 0 spiro atoms. The number of hydrogen-bond donors (Lipinski definition) is 0. The topological polar surface area (TPSA) is 27.1 Å². The second-order valence-electron chi connectivity index (χ2n) is 3.33. The van der Waals surface area contributed by atoms with Crippen LogP contribution in [0.3, 0.4) is 0 Å². The fourth-order valence-electron chi connectivity index (χ4n) is 1.28. The van der Waals surface area contributed by atoms with Crippen molar-refractivity contribution in [2.75, 3.05) is 0 Å². The Morgan fingerprint density at radius 3 is 2.62 bits per heavy atom. The molecule has 84 valence electrons. The highest BCUT2D eigenvalue weighted by Crippen LogP contribution is 2.17. The van der Waals surface area contributed by atoms with Gasteiger partial charge in [0.25, 0.3) is 0 Å². The predicted molar refractivity (Wildman–Crippen MR) is 66.7 cm³/mol. The Balaban J connectivity index is 2.02. The van der Waals surface area contributed by atoms with Gasteiger partial charge in [-0.1, -0.05) is 11.6 Å². The third-order valence-corrected chi connectivity index (χ3v) is 2.76. The van der Waals surface area contributed by atoms with Crippen LogP contribution in [0.2, 0.25) is 5.02 Å². The van der Waals surface area contributed by atoms with Crippen molar-refractivity contribution in [1.29, 1.82) is 0 Å². The molecular formula is C11H10BrClN2O. The normalized spacial score (nSPS) is 10.4. The van der Waals surface area contributed by atoms with Crippen LogP contribution < -0.4 is 4.74 Å². The van der Waals surface area contributed by atoms with E-state index in [0.29, 0.717) is 11.6 Å². The Morgan fingerprint density at radius 2 is 2.06 bits per heavy atom. The lowest BCUT2D eigenvalue weighted by molar-refractivity contribution is 0.291. The molecule has 0 aliphatic rings. The van der Waals surface area contributed by atoms with E-state index in [9.17, 15) is 0 Å². The average molecular weight is 302 g/mol. The van der Waals surface area contributed by atoms with E-state index < -0.39 is 0 Å². The number of imidazole rings is 1. The van der Waals surface area contributed by atoms with Crippen molar-refractivity contribution >= 4 is 27.5 Å². The predicted octanol–water partition coefficient (Wildman–Crippen LogP) is 3.42. The molecule has 2 rings (SSSR count). The third kappa shape index (κ3) is 2.77. The molecule has 1 aromatic carbocycles. The first-order chi connectivity index (χ1) is 7.65. The van der Waals surface area contributed by atoms with E-state index in [4.69, 9.17) is 16.3 Å². The highest BCUT2D eigenvalue weighted by Gasteiger charge is 2.03. The van der Waals surface area contributed by atoms with E-state index in [1.54, 1.807) is 12.1 Å². The monoisotopic (exact) mass is 300 g/mol. The van der Waals surface area contributed by atoms with Crippen molar-refractivity contribution in [3.8, 4) is 5.75 Å². The summed E-state index contributed by atoms with van der Waals surface area (Å²) >= 11 is 9.09. The molecule has 16 heavy (non-hydrogen) atoms. The van der Waals surface area contributed by atoms with E-state index in [1.807, 2.05) is 29.9 Å². The summed E-state index contributed by atoms with van der Waals surface area (Å²) in [5.41, 5.74) is 0. The fraction of sp³-hybridized carbons (Fsp3) is 0.182. The molecule has 0 radical (unpaired) electrons. The number of hydrogen-bond acceptors (Lipinski definition) is 2. The summed E-state index contributed by atoms with van der Waals surface area (Å²) in [5.74, 6) is 1.64. The van der Waals surface area contributed by atoms with Crippen LogP contribution in [0, 0.1) is 0 Å². The zero-order valence-electron chi connectivity index (χ0n) is 8.65. The van der Waals surface area contributed by atoms with E-state index in [-0.39, 0.29) is 0 Å². The van der Waals surface area contributed by atoms with Gasteiger partial charge in [-0.25, -0.2) is 4.98 Å². The zero-order chi connectivity index (χ0) is 11.5. The average Bonchev–Trinajstić information content (AvgIpc) is 2.57. The van der Waals surface area contributed by atoms with Gasteiger partial charge in [0.05, 0.1) is 0 Å². The van der Waals surface area contributed by atoms with Gasteiger partial charge in [0.1, 0.15) is 22.8 Å². The number of halogens is 2. The molecule has 1 heterocycles. The number of aryl methyl sites for hydroxylation is 1. The number of nitrogens with zero attached hydrogens (tertiary/aromatic N) is 2. The van der Waals surface area contributed by atoms with Crippen LogP contribution in [0.5, 0.6) is 5.75 Å². The summed E-state index contributed by atoms with van der Waals surface area (Å²) in [6.45, 7) is 0.434. The number of benzene rings is 1. The summed E-state index contributed by atoms with van der Waals surface area (Å²) in [5, 5.41) is 0.701. The first-order valence-corrected chi connectivity index (χ1v) is 5.88. The van der Waals surface area contributed by atoms with Gasteiger partial charge in [-0.05, 0) is 40.2 Å². The highest BCUT2D eigenvalue weighted by molar-refractivity contribution is 9.10. The maximum Gasteiger partial charge on any atom is 0.147 e. The summed E-state index contributed by atoms with van der Waals surface area (Å²) < 4.78 is 8.30. The molecule has 0 unspecified atom stereocenters. The van der Waals surface area contributed by atoms with Crippen LogP contribution in [-0.4, -0.2) is 9.55 Å². The van der Waals surface area contributed by atoms with E-state index in [0.717, 1.165) is 16.2 Å². The summed E-state index contributed by atoms with van der Waals surface area (Å²) in [6.07, 6.45) is 1.89. The molecular weight excluding hydrogens is 291 g/mol. The lowest BCUT2D eigenvalue weighted by atomic mass is 10.3. The molecule has 1 aromatic heterocycles. The van der Waals surface area contributed by atoms with Gasteiger partial charge in [0.15, 0.2) is 0 Å². The second-order valence-corrected chi connectivity index (χ2v) is 4.58. The van der Waals surface area contributed by atoms with Crippen LogP contribution in [0.25, 0.3) is 0 Å². The van der Waals surface area contributed by atoms with Crippen molar-refractivity contribution in [2.45, 2.75) is 6.61 Å². The molecule has 0 aliphatic heterocycles. The highest BCUT2D eigenvalue weighted by atomic mass is 79.9. The summed E-state index contributed by atoms with van der Waals surface area (Å²) in [4.78, 5) is 4.27. The molecule has 0 fully saturated rings. The van der Waals surface area contributed by atoms with Gasteiger partial charge < -0.3 is 9.30 Å². The Kier molecular flexibility index (Phi) is 3.51. The van der Waals surface area contributed by atoms with Crippen molar-refractivity contribution in [1.82, 2.24) is 9.55 Å². The van der Waals surface area contributed by atoms with Gasteiger partial charge in [-0.2, -0.15) is 0 Å². The molecule has 3 nitrogen and oxygen atoms in total. The van der Waals surface area contributed by atoms with Crippen molar-refractivity contribution in [2.24, 2.45) is 7.05 Å². The van der Waals surface area contributed by atoms with Crippen molar-refractivity contribution < 1.29 is 4.74 Å². The number of rotatable bonds is 3. The first-order valence-electron chi connectivity index (χ1n) is 4.71. The van der Waals surface area contributed by atoms with Crippen LogP contribution in [0.15, 0.2) is 35.1 Å². The van der Waals surface area contributed by atoms with Gasteiger partial charge in [-0.15, -0.1) is 0 Å². The molecule has 0 saturated heterocycles. The molecule has 5 heteroatoms. The SMILES string of the molecule is Cn1cc(Br)nc1COc1ccc(Cl)cc1. The second kappa shape index (κ2) is 4.89. The first kappa shape index (κ1) is 11.5. The van der Waals surface area contributed by atoms with Gasteiger partial charge >= 0.3 is 0 Å². The van der Waals surface area contributed by atoms with Crippen molar-refractivity contribution in [3.05, 3.63) is 45.9 Å². The molecule has 0 aliphatic carbocycles. The fourth-order valence-corrected chi connectivity index (χ4v) is 1.92. The molecule has 0 bridgehead atoms. The quantitative estimate of drug-likeness (QED) is 0.868. The van der Waals surface area contributed by atoms with E-state index in [1.165, 1.54) is 0 Å². The number of ether oxygens (including phenoxy) is 1. The number of aromatic nitrogens is 2. The largest absolute Gasteiger partial charge is 0.486 e. The Labute approximate surface area is 107 Å². The minimum atomic E-state index is 0.434. The maximum absolute atomic E-state index is 5.78. The van der Waals surface area contributed by atoms with Gasteiger partial charge in [-0.3, -0.25) is 0 Å². The van der Waals surface area contributed by atoms with Crippen LogP contribution in [0.4, 0.5) is 0 Å². The minimum Gasteiger partial charge on any atom is -0.486 e. The Morgan fingerprint density at radius 1 is 1.38 bits per heavy atom. The Hall–Kier alpha value is -1.00. The van der Waals surface area contributed by atoms with E-state index in [2.05, 4.69) is 20.9 Å². The summed E-state index contributed by atoms with van der Waals surface area (Å²) in [6, 6.07) is 7.26. The Bertz CT molecular complexity index is 481. The van der Waals surface area contributed by atoms with Crippen LogP contribution >= 0.6 is 27.5 Å². The molecule has 0 saturated carbocycles. The lowest BCUT2D eigenvalue weighted by Crippen LogP contribution is -2.02. The van der Waals surface area contributed by atoms with E-state index >= 15 is 0 Å². The van der Waals surface area contributed by atoms with Crippen LogP contribution in [0.1, 0.15) is 5.82 Å².